The standard InChI is InChI=1S/C31H29ClF3N3O3/c1-2-41-30(40)21-14-16-37(17-15-21)28(39)13-11-26-29(20-6-9-25(32)10-7-20)36-27-12-8-23(19-38(26)27)22-4-3-5-24(18-22)31(33,34)35/h3-10,12,18-19,21H,2,11,13-17H2,1H3. The van der Waals surface area contributed by atoms with E-state index in [2.05, 4.69) is 0 Å². The van der Waals surface area contributed by atoms with Gasteiger partial charge in [-0.1, -0.05) is 35.9 Å². The van der Waals surface area contributed by atoms with Crippen molar-refractivity contribution in [2.24, 2.45) is 5.92 Å². The number of aromatic nitrogens is 2. The number of nitrogens with zero attached hydrogens (tertiary/aromatic N) is 3. The van der Waals surface area contributed by atoms with Crippen molar-refractivity contribution in [2.45, 2.75) is 38.8 Å². The predicted octanol–water partition coefficient (Wildman–Crippen LogP) is 7.07. The fourth-order valence-corrected chi connectivity index (χ4v) is 5.35. The Morgan fingerprint density at radius 3 is 2.39 bits per heavy atom. The Labute approximate surface area is 240 Å². The lowest BCUT2D eigenvalue weighted by atomic mass is 9.96. The van der Waals surface area contributed by atoms with Gasteiger partial charge in [0.15, 0.2) is 0 Å². The molecule has 2 aromatic heterocycles. The maximum atomic E-state index is 13.4. The minimum Gasteiger partial charge on any atom is -0.466 e. The number of piperidine rings is 1. The summed E-state index contributed by atoms with van der Waals surface area (Å²) in [5.74, 6) is -0.434. The van der Waals surface area contributed by atoms with Gasteiger partial charge < -0.3 is 14.0 Å². The van der Waals surface area contributed by atoms with Gasteiger partial charge in [0, 0.05) is 36.3 Å². The van der Waals surface area contributed by atoms with Crippen molar-refractivity contribution in [2.75, 3.05) is 19.7 Å². The SMILES string of the molecule is CCOC(=O)C1CCN(C(=O)CCc2c(-c3ccc(Cl)cc3)nc3ccc(-c4cccc(C(F)(F)F)c4)cn23)CC1. The molecule has 1 amide bonds. The van der Waals surface area contributed by atoms with E-state index in [0.29, 0.717) is 66.4 Å². The molecule has 1 saturated heterocycles. The third-order valence-electron chi connectivity index (χ3n) is 7.40. The Hall–Kier alpha value is -3.85. The van der Waals surface area contributed by atoms with Gasteiger partial charge in [0.2, 0.25) is 5.91 Å². The number of halogens is 4. The molecule has 1 aliphatic rings. The molecule has 0 atom stereocenters. The van der Waals surface area contributed by atoms with E-state index in [4.69, 9.17) is 21.3 Å². The Bertz CT molecular complexity index is 1560. The molecule has 214 valence electrons. The first kappa shape index (κ1) is 28.7. The molecule has 0 radical (unpaired) electrons. The highest BCUT2D eigenvalue weighted by Crippen LogP contribution is 2.33. The number of amides is 1. The zero-order chi connectivity index (χ0) is 29.1. The van der Waals surface area contributed by atoms with E-state index in [0.717, 1.165) is 23.4 Å². The van der Waals surface area contributed by atoms with Gasteiger partial charge in [0.05, 0.1) is 29.5 Å². The summed E-state index contributed by atoms with van der Waals surface area (Å²) in [5, 5.41) is 0.576. The van der Waals surface area contributed by atoms with E-state index in [1.165, 1.54) is 6.07 Å². The van der Waals surface area contributed by atoms with Crippen molar-refractivity contribution in [3.05, 3.63) is 83.1 Å². The third-order valence-corrected chi connectivity index (χ3v) is 7.65. The van der Waals surface area contributed by atoms with Crippen LogP contribution in [-0.4, -0.2) is 45.9 Å². The number of hydrogen-bond acceptors (Lipinski definition) is 4. The highest BCUT2D eigenvalue weighted by atomic mass is 35.5. The minimum absolute atomic E-state index is 0.0293. The van der Waals surface area contributed by atoms with Crippen LogP contribution < -0.4 is 0 Å². The normalized spacial score (nSPS) is 14.4. The number of benzene rings is 2. The van der Waals surface area contributed by atoms with Crippen molar-refractivity contribution in [3.8, 4) is 22.4 Å². The van der Waals surface area contributed by atoms with E-state index in [9.17, 15) is 22.8 Å². The van der Waals surface area contributed by atoms with Crippen LogP contribution in [0.3, 0.4) is 0 Å². The van der Waals surface area contributed by atoms with Crippen LogP contribution in [0.4, 0.5) is 13.2 Å². The monoisotopic (exact) mass is 583 g/mol. The molecular weight excluding hydrogens is 555 g/mol. The first-order valence-electron chi connectivity index (χ1n) is 13.5. The zero-order valence-corrected chi connectivity index (χ0v) is 23.2. The summed E-state index contributed by atoms with van der Waals surface area (Å²) < 4.78 is 47.1. The molecule has 6 nitrogen and oxygen atoms in total. The highest BCUT2D eigenvalue weighted by Gasteiger charge is 2.31. The van der Waals surface area contributed by atoms with Crippen molar-refractivity contribution in [1.29, 1.82) is 0 Å². The molecule has 1 fully saturated rings. The lowest BCUT2D eigenvalue weighted by Gasteiger charge is -2.31. The van der Waals surface area contributed by atoms with Crippen LogP contribution in [0, 0.1) is 5.92 Å². The molecular formula is C31H29ClF3N3O3. The molecule has 0 aliphatic carbocycles. The first-order chi connectivity index (χ1) is 19.6. The number of aryl methyl sites for hydroxylation is 1. The number of likely N-dealkylation sites (tertiary alicyclic amines) is 1. The number of rotatable bonds is 7. The second-order valence-corrected chi connectivity index (χ2v) is 10.5. The third kappa shape index (κ3) is 6.40. The Balaban J connectivity index is 1.43. The molecule has 0 bridgehead atoms. The van der Waals surface area contributed by atoms with Gasteiger partial charge in [-0.25, -0.2) is 4.98 Å². The number of pyridine rings is 1. The summed E-state index contributed by atoms with van der Waals surface area (Å²) in [5.41, 5.74) is 3.18. The van der Waals surface area contributed by atoms with Crippen LogP contribution in [0.25, 0.3) is 28.0 Å². The maximum absolute atomic E-state index is 13.4. The molecule has 41 heavy (non-hydrogen) atoms. The number of hydrogen-bond donors (Lipinski definition) is 0. The van der Waals surface area contributed by atoms with Crippen LogP contribution in [0.1, 0.15) is 37.4 Å². The second-order valence-electron chi connectivity index (χ2n) is 10.0. The van der Waals surface area contributed by atoms with Crippen LogP contribution in [-0.2, 0) is 26.9 Å². The van der Waals surface area contributed by atoms with Crippen molar-refractivity contribution < 1.29 is 27.5 Å². The number of alkyl halides is 3. The highest BCUT2D eigenvalue weighted by molar-refractivity contribution is 6.30. The van der Waals surface area contributed by atoms with Crippen LogP contribution >= 0.6 is 11.6 Å². The largest absolute Gasteiger partial charge is 0.466 e. The van der Waals surface area contributed by atoms with E-state index < -0.39 is 11.7 Å². The molecule has 2 aromatic carbocycles. The molecule has 5 rings (SSSR count). The molecule has 10 heteroatoms. The number of carbonyl (C=O) groups excluding carboxylic acids is 2. The van der Waals surface area contributed by atoms with E-state index >= 15 is 0 Å². The average molecular weight is 584 g/mol. The van der Waals surface area contributed by atoms with Gasteiger partial charge in [-0.05, 0) is 73.7 Å². The van der Waals surface area contributed by atoms with E-state index in [1.54, 1.807) is 48.4 Å². The molecule has 1 aliphatic heterocycles. The number of imidazole rings is 1. The van der Waals surface area contributed by atoms with Crippen molar-refractivity contribution in [1.82, 2.24) is 14.3 Å². The van der Waals surface area contributed by atoms with Crippen molar-refractivity contribution >= 4 is 29.1 Å². The van der Waals surface area contributed by atoms with Crippen LogP contribution in [0.2, 0.25) is 5.02 Å². The van der Waals surface area contributed by atoms with Crippen LogP contribution in [0.5, 0.6) is 0 Å². The molecule has 0 saturated carbocycles. The number of carbonyl (C=O) groups is 2. The quantitative estimate of drug-likeness (QED) is 0.218. The zero-order valence-electron chi connectivity index (χ0n) is 22.5. The van der Waals surface area contributed by atoms with Gasteiger partial charge in [0.25, 0.3) is 0 Å². The summed E-state index contributed by atoms with van der Waals surface area (Å²) in [7, 11) is 0. The lowest BCUT2D eigenvalue weighted by Crippen LogP contribution is -2.40. The van der Waals surface area contributed by atoms with Gasteiger partial charge in [0.1, 0.15) is 5.65 Å². The van der Waals surface area contributed by atoms with Gasteiger partial charge in [-0.15, -0.1) is 0 Å². The molecule has 3 heterocycles. The molecule has 0 spiro atoms. The maximum Gasteiger partial charge on any atom is 0.416 e. The summed E-state index contributed by atoms with van der Waals surface area (Å²) in [6, 6.07) is 15.9. The smallest absolute Gasteiger partial charge is 0.416 e. The second kappa shape index (κ2) is 11.9. The summed E-state index contributed by atoms with van der Waals surface area (Å²) >= 11 is 6.10. The fraction of sp³-hybridized carbons (Fsp3) is 0.323. The fourth-order valence-electron chi connectivity index (χ4n) is 5.23. The Morgan fingerprint density at radius 1 is 1.00 bits per heavy atom. The summed E-state index contributed by atoms with van der Waals surface area (Å²) in [4.78, 5) is 31.8. The number of ether oxygens (including phenoxy) is 1. The topological polar surface area (TPSA) is 63.9 Å². The summed E-state index contributed by atoms with van der Waals surface area (Å²) in [6.07, 6.45) is -0.976. The first-order valence-corrected chi connectivity index (χ1v) is 13.9. The molecule has 0 N–H and O–H groups in total. The number of fused-ring (bicyclic) bond motifs is 1. The van der Waals surface area contributed by atoms with Crippen LogP contribution in [0.15, 0.2) is 66.9 Å². The number of esters is 1. The molecule has 0 unspecified atom stereocenters. The average Bonchev–Trinajstić information content (AvgIpc) is 3.33. The van der Waals surface area contributed by atoms with E-state index in [-0.39, 0.29) is 24.2 Å². The van der Waals surface area contributed by atoms with Gasteiger partial charge in [-0.3, -0.25) is 9.59 Å². The van der Waals surface area contributed by atoms with Gasteiger partial charge >= 0.3 is 12.1 Å². The molecule has 4 aromatic rings. The minimum atomic E-state index is -4.45. The summed E-state index contributed by atoms with van der Waals surface area (Å²) in [6.45, 7) is 3.08. The lowest BCUT2D eigenvalue weighted by molar-refractivity contribution is -0.151. The van der Waals surface area contributed by atoms with Crippen molar-refractivity contribution in [3.63, 3.8) is 0 Å². The Morgan fingerprint density at radius 2 is 1.71 bits per heavy atom. The predicted molar refractivity (Wildman–Crippen MR) is 150 cm³/mol. The van der Waals surface area contributed by atoms with Gasteiger partial charge in [-0.2, -0.15) is 13.2 Å². The van der Waals surface area contributed by atoms with E-state index in [1.807, 2.05) is 16.5 Å². The Kier molecular flexibility index (Phi) is 8.35.